The number of anilines is 1. The zero-order chi connectivity index (χ0) is 12.6. The molecular formula is C11H23N3OSi. The fourth-order valence-electron chi connectivity index (χ4n) is 1.08. The third-order valence-corrected chi connectivity index (χ3v) is 7.83. The topological polar surface area (TPSA) is 53.1 Å². The van der Waals surface area contributed by atoms with Crippen LogP contribution in [-0.2, 0) is 18.1 Å². The van der Waals surface area contributed by atoms with E-state index in [-0.39, 0.29) is 5.04 Å². The van der Waals surface area contributed by atoms with Gasteiger partial charge < -0.3 is 10.2 Å². The Balaban J connectivity index is 2.65. The first-order valence-electron chi connectivity index (χ1n) is 5.56. The lowest BCUT2D eigenvalue weighted by atomic mass is 10.2. The monoisotopic (exact) mass is 241 g/mol. The van der Waals surface area contributed by atoms with Crippen molar-refractivity contribution < 1.29 is 4.43 Å². The zero-order valence-corrected chi connectivity index (χ0v) is 12.2. The number of rotatable bonds is 3. The summed E-state index contributed by atoms with van der Waals surface area (Å²) in [5.41, 5.74) is 6.63. The Morgan fingerprint density at radius 3 is 2.38 bits per heavy atom. The van der Waals surface area contributed by atoms with Gasteiger partial charge in [0.2, 0.25) is 0 Å². The molecule has 0 saturated heterocycles. The predicted octanol–water partition coefficient (Wildman–Crippen LogP) is 2.52. The van der Waals surface area contributed by atoms with E-state index >= 15 is 0 Å². The molecule has 0 aliphatic heterocycles. The molecule has 16 heavy (non-hydrogen) atoms. The van der Waals surface area contributed by atoms with Crippen molar-refractivity contribution in [2.45, 2.75) is 45.5 Å². The second kappa shape index (κ2) is 4.22. The maximum absolute atomic E-state index is 6.06. The molecule has 0 unspecified atom stereocenters. The minimum atomic E-state index is -1.69. The number of hydrogen-bond donors (Lipinski definition) is 1. The standard InChI is InChI=1S/C11H23N3OSi/c1-11(2,3)16(5,6)15-8-9-7-10(12)14(4)13-9/h7H,8,12H2,1-6H3. The first-order chi connectivity index (χ1) is 7.13. The molecule has 0 amide bonds. The summed E-state index contributed by atoms with van der Waals surface area (Å²) in [5, 5.41) is 4.51. The maximum atomic E-state index is 6.06. The van der Waals surface area contributed by atoms with Crippen LogP contribution < -0.4 is 5.73 Å². The Bertz CT molecular complexity index is 346. The minimum absolute atomic E-state index is 0.229. The van der Waals surface area contributed by atoms with Gasteiger partial charge in [0.25, 0.3) is 0 Å². The zero-order valence-electron chi connectivity index (χ0n) is 11.2. The summed E-state index contributed by atoms with van der Waals surface area (Å²) in [6.45, 7) is 11.7. The van der Waals surface area contributed by atoms with Crippen LogP contribution in [0.4, 0.5) is 5.82 Å². The Labute approximate surface area is 98.9 Å². The highest BCUT2D eigenvalue weighted by Crippen LogP contribution is 2.36. The van der Waals surface area contributed by atoms with Gasteiger partial charge in [-0.2, -0.15) is 5.10 Å². The second-order valence-electron chi connectivity index (χ2n) is 5.73. The summed E-state index contributed by atoms with van der Waals surface area (Å²) >= 11 is 0. The summed E-state index contributed by atoms with van der Waals surface area (Å²) in [5.74, 6) is 0.675. The van der Waals surface area contributed by atoms with E-state index in [1.165, 1.54) is 0 Å². The lowest BCUT2D eigenvalue weighted by molar-refractivity contribution is 0.271. The molecule has 92 valence electrons. The highest BCUT2D eigenvalue weighted by Gasteiger charge is 2.37. The Morgan fingerprint density at radius 1 is 1.44 bits per heavy atom. The Hall–Kier alpha value is -0.813. The lowest BCUT2D eigenvalue weighted by Crippen LogP contribution is -2.40. The molecule has 0 saturated carbocycles. The van der Waals surface area contributed by atoms with Crippen molar-refractivity contribution in [3.63, 3.8) is 0 Å². The van der Waals surface area contributed by atoms with Gasteiger partial charge in [0.15, 0.2) is 8.32 Å². The van der Waals surface area contributed by atoms with E-state index in [0.717, 1.165) is 5.69 Å². The van der Waals surface area contributed by atoms with E-state index in [2.05, 4.69) is 39.0 Å². The van der Waals surface area contributed by atoms with Crippen molar-refractivity contribution in [3.05, 3.63) is 11.8 Å². The van der Waals surface area contributed by atoms with E-state index in [4.69, 9.17) is 10.2 Å². The molecule has 0 aromatic carbocycles. The van der Waals surface area contributed by atoms with Crippen LogP contribution in [0.3, 0.4) is 0 Å². The van der Waals surface area contributed by atoms with Gasteiger partial charge in [0.05, 0.1) is 12.3 Å². The van der Waals surface area contributed by atoms with Crippen LogP contribution in [0.15, 0.2) is 6.07 Å². The van der Waals surface area contributed by atoms with Crippen molar-refractivity contribution in [1.29, 1.82) is 0 Å². The number of nitrogens with two attached hydrogens (primary N) is 1. The van der Waals surface area contributed by atoms with E-state index in [0.29, 0.717) is 12.4 Å². The molecule has 0 bridgehead atoms. The molecule has 0 spiro atoms. The number of nitrogens with zero attached hydrogens (tertiary/aromatic N) is 2. The molecule has 0 aliphatic rings. The highest BCUT2D eigenvalue weighted by atomic mass is 28.4. The molecule has 2 N–H and O–H groups in total. The Morgan fingerprint density at radius 2 is 2.00 bits per heavy atom. The summed E-state index contributed by atoms with van der Waals surface area (Å²) < 4.78 is 7.73. The molecule has 1 aromatic heterocycles. The van der Waals surface area contributed by atoms with Gasteiger partial charge in [0, 0.05) is 13.1 Å². The number of hydrogen-bond acceptors (Lipinski definition) is 3. The van der Waals surface area contributed by atoms with Crippen LogP contribution in [0.2, 0.25) is 18.1 Å². The molecule has 0 atom stereocenters. The van der Waals surface area contributed by atoms with Gasteiger partial charge in [-0.3, -0.25) is 4.68 Å². The van der Waals surface area contributed by atoms with Gasteiger partial charge >= 0.3 is 0 Å². The molecule has 1 rings (SSSR count). The second-order valence-corrected chi connectivity index (χ2v) is 10.5. The SMILES string of the molecule is Cn1nc(CO[Si](C)(C)C(C)(C)C)cc1N. The first kappa shape index (κ1) is 13.3. The molecule has 4 nitrogen and oxygen atoms in total. The van der Waals surface area contributed by atoms with Gasteiger partial charge in [-0.05, 0) is 18.1 Å². The van der Waals surface area contributed by atoms with Crippen LogP contribution in [0.1, 0.15) is 26.5 Å². The molecule has 1 aromatic rings. The lowest BCUT2D eigenvalue weighted by Gasteiger charge is -2.35. The number of aromatic nitrogens is 2. The van der Waals surface area contributed by atoms with Gasteiger partial charge in [0.1, 0.15) is 5.82 Å². The Kier molecular flexibility index (Phi) is 3.49. The van der Waals surface area contributed by atoms with E-state index in [9.17, 15) is 0 Å². The minimum Gasteiger partial charge on any atom is -0.411 e. The number of aryl methyl sites for hydroxylation is 1. The van der Waals surface area contributed by atoms with E-state index in [1.54, 1.807) is 4.68 Å². The molecule has 1 heterocycles. The molecule has 5 heteroatoms. The molecule has 0 aliphatic carbocycles. The fraction of sp³-hybridized carbons (Fsp3) is 0.727. The van der Waals surface area contributed by atoms with Gasteiger partial charge in [-0.15, -0.1) is 0 Å². The van der Waals surface area contributed by atoms with Crippen LogP contribution in [0.25, 0.3) is 0 Å². The summed E-state index contributed by atoms with van der Waals surface area (Å²) in [6, 6.07) is 1.87. The smallest absolute Gasteiger partial charge is 0.192 e. The summed E-state index contributed by atoms with van der Waals surface area (Å²) in [6.07, 6.45) is 0. The van der Waals surface area contributed by atoms with Crippen LogP contribution in [0.5, 0.6) is 0 Å². The molecule has 0 fully saturated rings. The summed E-state index contributed by atoms with van der Waals surface area (Å²) in [7, 11) is 0.153. The quantitative estimate of drug-likeness (QED) is 0.827. The average Bonchev–Trinajstić information content (AvgIpc) is 2.41. The normalized spacial score (nSPS) is 13.1. The molecular weight excluding hydrogens is 218 g/mol. The number of nitrogen functional groups attached to an aromatic ring is 1. The third kappa shape index (κ3) is 2.86. The van der Waals surface area contributed by atoms with E-state index in [1.807, 2.05) is 13.1 Å². The van der Waals surface area contributed by atoms with Crippen LogP contribution in [0, 0.1) is 0 Å². The maximum Gasteiger partial charge on any atom is 0.192 e. The first-order valence-corrected chi connectivity index (χ1v) is 8.47. The average molecular weight is 241 g/mol. The van der Waals surface area contributed by atoms with Crippen molar-refractivity contribution in [1.82, 2.24) is 9.78 Å². The summed E-state index contributed by atoms with van der Waals surface area (Å²) in [4.78, 5) is 0. The fourth-order valence-corrected chi connectivity index (χ4v) is 2.03. The van der Waals surface area contributed by atoms with Crippen molar-refractivity contribution in [2.75, 3.05) is 5.73 Å². The third-order valence-electron chi connectivity index (χ3n) is 3.35. The van der Waals surface area contributed by atoms with Crippen molar-refractivity contribution in [2.24, 2.45) is 7.05 Å². The van der Waals surface area contributed by atoms with E-state index < -0.39 is 8.32 Å². The van der Waals surface area contributed by atoms with Gasteiger partial charge in [-0.1, -0.05) is 20.8 Å². The molecule has 0 radical (unpaired) electrons. The van der Waals surface area contributed by atoms with Crippen molar-refractivity contribution >= 4 is 14.1 Å². The largest absolute Gasteiger partial charge is 0.411 e. The van der Waals surface area contributed by atoms with Crippen LogP contribution in [-0.4, -0.2) is 18.1 Å². The highest BCUT2D eigenvalue weighted by molar-refractivity contribution is 6.74. The van der Waals surface area contributed by atoms with Gasteiger partial charge in [-0.25, -0.2) is 0 Å². The van der Waals surface area contributed by atoms with Crippen LogP contribution >= 0.6 is 0 Å². The predicted molar refractivity (Wildman–Crippen MR) is 69.6 cm³/mol. The van der Waals surface area contributed by atoms with Crippen molar-refractivity contribution in [3.8, 4) is 0 Å².